The molecule has 1 saturated carbocycles. The summed E-state index contributed by atoms with van der Waals surface area (Å²) in [5.41, 5.74) is 2.30. The van der Waals surface area contributed by atoms with Gasteiger partial charge in [-0.05, 0) is 56.2 Å². The van der Waals surface area contributed by atoms with Crippen LogP contribution in [0.1, 0.15) is 48.2 Å². The van der Waals surface area contributed by atoms with E-state index >= 15 is 0 Å². The Morgan fingerprint density at radius 1 is 0.968 bits per heavy atom. The molecule has 31 heavy (non-hydrogen) atoms. The van der Waals surface area contributed by atoms with Gasteiger partial charge in [0.05, 0.1) is 5.56 Å². The van der Waals surface area contributed by atoms with Gasteiger partial charge in [0.15, 0.2) is 0 Å². The number of rotatable bonds is 6. The average molecular weight is 420 g/mol. The van der Waals surface area contributed by atoms with Crippen LogP contribution in [0.2, 0.25) is 0 Å². The maximum atomic E-state index is 13.8. The highest BCUT2D eigenvalue weighted by Crippen LogP contribution is 2.23. The third-order valence-corrected chi connectivity index (χ3v) is 5.33. The van der Waals surface area contributed by atoms with E-state index in [1.807, 2.05) is 25.1 Å². The fourth-order valence-corrected chi connectivity index (χ4v) is 3.76. The SMILES string of the molecule is Cc1cc(Nc2ccc(NC(=O)c3ccccc3F)cc2)nc(NC2CCCCC2)n1. The predicted octanol–water partition coefficient (Wildman–Crippen LogP) is 5.66. The topological polar surface area (TPSA) is 78.9 Å². The van der Waals surface area contributed by atoms with E-state index in [1.165, 1.54) is 31.4 Å². The number of aromatic nitrogens is 2. The highest BCUT2D eigenvalue weighted by Gasteiger charge is 2.15. The number of benzene rings is 2. The van der Waals surface area contributed by atoms with Crippen LogP contribution in [0, 0.1) is 12.7 Å². The van der Waals surface area contributed by atoms with Gasteiger partial charge in [0.2, 0.25) is 5.95 Å². The third kappa shape index (κ3) is 5.57. The molecule has 0 bridgehead atoms. The van der Waals surface area contributed by atoms with Crippen molar-refractivity contribution in [1.29, 1.82) is 0 Å². The lowest BCUT2D eigenvalue weighted by atomic mass is 9.96. The fourth-order valence-electron chi connectivity index (χ4n) is 3.76. The van der Waals surface area contributed by atoms with Crippen LogP contribution in [0.15, 0.2) is 54.6 Å². The molecule has 0 radical (unpaired) electrons. The van der Waals surface area contributed by atoms with E-state index in [1.54, 1.807) is 24.3 Å². The van der Waals surface area contributed by atoms with Gasteiger partial charge in [-0.1, -0.05) is 31.4 Å². The Morgan fingerprint density at radius 3 is 2.42 bits per heavy atom. The molecule has 3 N–H and O–H groups in total. The van der Waals surface area contributed by atoms with E-state index in [2.05, 4.69) is 25.9 Å². The van der Waals surface area contributed by atoms with Crippen LogP contribution < -0.4 is 16.0 Å². The normalized spacial score (nSPS) is 14.1. The molecule has 6 nitrogen and oxygen atoms in total. The molecule has 2 aromatic carbocycles. The van der Waals surface area contributed by atoms with Crippen molar-refractivity contribution in [2.24, 2.45) is 0 Å². The van der Waals surface area contributed by atoms with E-state index in [0.29, 0.717) is 23.5 Å². The van der Waals surface area contributed by atoms with E-state index in [9.17, 15) is 9.18 Å². The third-order valence-electron chi connectivity index (χ3n) is 5.33. The molecule has 0 atom stereocenters. The van der Waals surface area contributed by atoms with Gasteiger partial charge in [0, 0.05) is 29.2 Å². The summed E-state index contributed by atoms with van der Waals surface area (Å²) in [6, 6.07) is 15.4. The second-order valence-corrected chi connectivity index (χ2v) is 7.83. The Kier molecular flexibility index (Phi) is 6.40. The lowest BCUT2D eigenvalue weighted by molar-refractivity contribution is 0.102. The molecule has 0 saturated heterocycles. The maximum Gasteiger partial charge on any atom is 0.258 e. The molecular weight excluding hydrogens is 393 g/mol. The van der Waals surface area contributed by atoms with E-state index in [0.717, 1.165) is 24.2 Å². The minimum Gasteiger partial charge on any atom is -0.351 e. The summed E-state index contributed by atoms with van der Waals surface area (Å²) in [7, 11) is 0. The van der Waals surface area contributed by atoms with Crippen LogP contribution in [0.3, 0.4) is 0 Å². The molecule has 0 unspecified atom stereocenters. The Balaban J connectivity index is 1.40. The van der Waals surface area contributed by atoms with Gasteiger partial charge >= 0.3 is 0 Å². The van der Waals surface area contributed by atoms with E-state index in [-0.39, 0.29) is 5.56 Å². The largest absolute Gasteiger partial charge is 0.351 e. The van der Waals surface area contributed by atoms with Crippen molar-refractivity contribution in [2.45, 2.75) is 45.1 Å². The molecule has 1 aromatic heterocycles. The summed E-state index contributed by atoms with van der Waals surface area (Å²) >= 11 is 0. The molecule has 4 rings (SSSR count). The van der Waals surface area contributed by atoms with Gasteiger partial charge in [-0.3, -0.25) is 4.79 Å². The number of nitrogens with zero attached hydrogens (tertiary/aromatic N) is 2. The fraction of sp³-hybridized carbons (Fsp3) is 0.292. The van der Waals surface area contributed by atoms with Crippen molar-refractivity contribution in [3.05, 3.63) is 71.7 Å². The molecule has 0 aliphatic heterocycles. The highest BCUT2D eigenvalue weighted by atomic mass is 19.1. The maximum absolute atomic E-state index is 13.8. The number of carbonyl (C=O) groups excluding carboxylic acids is 1. The molecule has 1 aliphatic rings. The monoisotopic (exact) mass is 419 g/mol. The number of hydrogen-bond acceptors (Lipinski definition) is 5. The molecular formula is C24H26FN5O. The van der Waals surface area contributed by atoms with Gasteiger partial charge in [0.25, 0.3) is 5.91 Å². The van der Waals surface area contributed by atoms with Crippen molar-refractivity contribution >= 4 is 29.0 Å². The van der Waals surface area contributed by atoms with Gasteiger partial charge in [0.1, 0.15) is 11.6 Å². The zero-order valence-electron chi connectivity index (χ0n) is 17.5. The molecule has 160 valence electrons. The van der Waals surface area contributed by atoms with Crippen LogP contribution in [0.25, 0.3) is 0 Å². The lowest BCUT2D eigenvalue weighted by Gasteiger charge is -2.23. The molecule has 3 aromatic rings. The smallest absolute Gasteiger partial charge is 0.258 e. The van der Waals surface area contributed by atoms with Crippen LogP contribution >= 0.6 is 0 Å². The van der Waals surface area contributed by atoms with E-state index < -0.39 is 11.7 Å². The zero-order valence-corrected chi connectivity index (χ0v) is 17.5. The summed E-state index contributed by atoms with van der Waals surface area (Å²) in [4.78, 5) is 21.4. The van der Waals surface area contributed by atoms with Gasteiger partial charge in [-0.15, -0.1) is 0 Å². The van der Waals surface area contributed by atoms with Crippen molar-refractivity contribution < 1.29 is 9.18 Å². The van der Waals surface area contributed by atoms with Crippen LogP contribution in [0.5, 0.6) is 0 Å². The van der Waals surface area contributed by atoms with Gasteiger partial charge in [-0.25, -0.2) is 9.37 Å². The van der Waals surface area contributed by atoms with Crippen LogP contribution in [-0.2, 0) is 0 Å². The first kappa shape index (κ1) is 20.8. The molecule has 1 fully saturated rings. The zero-order chi connectivity index (χ0) is 21.6. The quantitative estimate of drug-likeness (QED) is 0.480. The number of halogens is 1. The van der Waals surface area contributed by atoms with Gasteiger partial charge < -0.3 is 16.0 Å². The number of aryl methyl sites for hydroxylation is 1. The predicted molar refractivity (Wildman–Crippen MR) is 121 cm³/mol. The number of nitrogens with one attached hydrogen (secondary N) is 3. The number of anilines is 4. The Hall–Kier alpha value is -3.48. The summed E-state index contributed by atoms with van der Waals surface area (Å²) in [5, 5.41) is 9.45. The first-order valence-electron chi connectivity index (χ1n) is 10.6. The van der Waals surface area contributed by atoms with Crippen molar-refractivity contribution in [1.82, 2.24) is 9.97 Å². The van der Waals surface area contributed by atoms with Crippen molar-refractivity contribution in [3.63, 3.8) is 0 Å². The molecule has 7 heteroatoms. The first-order chi connectivity index (χ1) is 15.1. The summed E-state index contributed by atoms with van der Waals surface area (Å²) in [6.07, 6.45) is 6.10. The molecule has 1 aliphatic carbocycles. The molecule has 1 amide bonds. The second kappa shape index (κ2) is 9.55. The minimum atomic E-state index is -0.546. The lowest BCUT2D eigenvalue weighted by Crippen LogP contribution is -2.23. The Morgan fingerprint density at radius 2 is 1.68 bits per heavy atom. The standard InChI is InChI=1S/C24H26FN5O/c1-16-15-22(30-24(26-16)29-17-7-3-2-4-8-17)27-18-11-13-19(14-12-18)28-23(31)20-9-5-6-10-21(20)25/h5-6,9-15,17H,2-4,7-8H2,1H3,(H,28,31)(H2,26,27,29,30). The van der Waals surface area contributed by atoms with Crippen LogP contribution in [-0.4, -0.2) is 21.9 Å². The number of carbonyl (C=O) groups is 1. The van der Waals surface area contributed by atoms with E-state index in [4.69, 9.17) is 0 Å². The minimum absolute atomic E-state index is 0.0131. The summed E-state index contributed by atoms with van der Waals surface area (Å²) in [6.45, 7) is 1.94. The molecule has 0 spiro atoms. The van der Waals surface area contributed by atoms with Gasteiger partial charge in [-0.2, -0.15) is 4.98 Å². The average Bonchev–Trinajstić information content (AvgIpc) is 2.76. The first-order valence-corrected chi connectivity index (χ1v) is 10.6. The highest BCUT2D eigenvalue weighted by molar-refractivity contribution is 6.04. The van der Waals surface area contributed by atoms with Crippen LogP contribution in [0.4, 0.5) is 27.5 Å². The molecule has 1 heterocycles. The number of amides is 1. The Bertz CT molecular complexity index is 1050. The van der Waals surface area contributed by atoms with Crippen molar-refractivity contribution in [2.75, 3.05) is 16.0 Å². The second-order valence-electron chi connectivity index (χ2n) is 7.83. The Labute approximate surface area is 181 Å². The summed E-state index contributed by atoms with van der Waals surface area (Å²) < 4.78 is 13.8. The van der Waals surface area contributed by atoms with Crippen molar-refractivity contribution in [3.8, 4) is 0 Å². The summed E-state index contributed by atoms with van der Waals surface area (Å²) in [5.74, 6) is 0.316. The number of hydrogen-bond donors (Lipinski definition) is 3.